The number of aryl methyl sites for hydroxylation is 1. The molecule has 0 unspecified atom stereocenters. The molecule has 0 heterocycles. The van der Waals surface area contributed by atoms with Crippen molar-refractivity contribution in [1.82, 2.24) is 5.32 Å². The highest BCUT2D eigenvalue weighted by atomic mass is 79.9. The summed E-state index contributed by atoms with van der Waals surface area (Å²) in [4.78, 5) is 35.7. The summed E-state index contributed by atoms with van der Waals surface area (Å²) >= 11 is 3.49. The molecule has 0 aromatic heterocycles. The van der Waals surface area contributed by atoms with E-state index in [0.29, 0.717) is 36.4 Å². The highest BCUT2D eigenvalue weighted by Gasteiger charge is 2.09. The molecule has 32 heavy (non-hydrogen) atoms. The molecule has 0 aliphatic rings. The minimum Gasteiger partial charge on any atom is -0.427 e. The molecule has 0 atom stereocenters. The van der Waals surface area contributed by atoms with Crippen LogP contribution in [0.4, 0.5) is 5.69 Å². The predicted octanol–water partition coefficient (Wildman–Crippen LogP) is 4.88. The largest absolute Gasteiger partial charge is 0.427 e. The molecule has 0 radical (unpaired) electrons. The van der Waals surface area contributed by atoms with Crippen LogP contribution in [-0.2, 0) is 22.6 Å². The second-order valence-electron chi connectivity index (χ2n) is 7.14. The van der Waals surface area contributed by atoms with Crippen molar-refractivity contribution in [2.75, 3.05) is 5.32 Å². The van der Waals surface area contributed by atoms with Crippen LogP contribution in [0.2, 0.25) is 0 Å². The number of hydrogen-bond donors (Lipinski definition) is 2. The zero-order valence-electron chi connectivity index (χ0n) is 17.6. The lowest BCUT2D eigenvalue weighted by Gasteiger charge is -2.09. The van der Waals surface area contributed by atoms with Gasteiger partial charge < -0.3 is 15.4 Å². The SMILES string of the molecule is CC(=O)Oc1cccc(C(=O)Nc2ccc(CNC(=O)CCc3ccccc3Br)cc2)c1. The van der Waals surface area contributed by atoms with Crippen LogP contribution in [0.15, 0.2) is 77.3 Å². The number of amides is 2. The van der Waals surface area contributed by atoms with Gasteiger partial charge in [0.1, 0.15) is 5.75 Å². The zero-order chi connectivity index (χ0) is 22.9. The molecular formula is C25H23BrN2O4. The Bertz CT molecular complexity index is 1110. The third-order valence-corrected chi connectivity index (χ3v) is 5.41. The topological polar surface area (TPSA) is 84.5 Å². The van der Waals surface area contributed by atoms with E-state index in [4.69, 9.17) is 4.74 Å². The van der Waals surface area contributed by atoms with Crippen molar-refractivity contribution in [3.8, 4) is 5.75 Å². The fourth-order valence-corrected chi connectivity index (χ4v) is 3.50. The van der Waals surface area contributed by atoms with E-state index in [0.717, 1.165) is 15.6 Å². The monoisotopic (exact) mass is 494 g/mol. The fraction of sp³-hybridized carbons (Fsp3) is 0.160. The van der Waals surface area contributed by atoms with Gasteiger partial charge in [0.15, 0.2) is 0 Å². The van der Waals surface area contributed by atoms with Gasteiger partial charge in [-0.3, -0.25) is 14.4 Å². The molecule has 3 aromatic carbocycles. The van der Waals surface area contributed by atoms with Gasteiger partial charge in [-0.1, -0.05) is 52.3 Å². The second-order valence-corrected chi connectivity index (χ2v) is 7.99. The van der Waals surface area contributed by atoms with E-state index in [2.05, 4.69) is 26.6 Å². The van der Waals surface area contributed by atoms with Gasteiger partial charge in [0.05, 0.1) is 0 Å². The van der Waals surface area contributed by atoms with Crippen molar-refractivity contribution < 1.29 is 19.1 Å². The van der Waals surface area contributed by atoms with Crippen LogP contribution in [0.3, 0.4) is 0 Å². The first-order valence-corrected chi connectivity index (χ1v) is 10.9. The van der Waals surface area contributed by atoms with E-state index >= 15 is 0 Å². The number of hydrogen-bond acceptors (Lipinski definition) is 4. The summed E-state index contributed by atoms with van der Waals surface area (Å²) in [5.74, 6) is -0.466. The third-order valence-electron chi connectivity index (χ3n) is 4.64. The van der Waals surface area contributed by atoms with Gasteiger partial charge in [-0.15, -0.1) is 0 Å². The van der Waals surface area contributed by atoms with E-state index in [9.17, 15) is 14.4 Å². The van der Waals surface area contributed by atoms with Gasteiger partial charge in [-0.2, -0.15) is 0 Å². The number of carbonyl (C=O) groups excluding carboxylic acids is 3. The maximum absolute atomic E-state index is 12.5. The summed E-state index contributed by atoms with van der Waals surface area (Å²) in [5, 5.41) is 5.72. The lowest BCUT2D eigenvalue weighted by molar-refractivity contribution is -0.131. The number of halogens is 1. The van der Waals surface area contributed by atoms with E-state index in [1.165, 1.54) is 13.0 Å². The Kier molecular flexibility index (Phi) is 8.16. The molecule has 164 valence electrons. The van der Waals surface area contributed by atoms with Crippen LogP contribution in [0, 0.1) is 0 Å². The van der Waals surface area contributed by atoms with E-state index in [1.807, 2.05) is 36.4 Å². The molecule has 0 aliphatic heterocycles. The third kappa shape index (κ3) is 7.06. The van der Waals surface area contributed by atoms with Crippen LogP contribution in [0.25, 0.3) is 0 Å². The highest BCUT2D eigenvalue weighted by molar-refractivity contribution is 9.10. The van der Waals surface area contributed by atoms with Gasteiger partial charge in [0.25, 0.3) is 5.91 Å². The molecule has 2 amide bonds. The Hall–Kier alpha value is -3.45. The summed E-state index contributed by atoms with van der Waals surface area (Å²) in [6.45, 7) is 1.71. The van der Waals surface area contributed by atoms with Crippen LogP contribution in [0.1, 0.15) is 34.8 Å². The van der Waals surface area contributed by atoms with E-state index in [-0.39, 0.29) is 11.8 Å². The second kappa shape index (κ2) is 11.2. The number of esters is 1. The lowest BCUT2D eigenvalue weighted by Crippen LogP contribution is -2.23. The molecule has 3 aromatic rings. The Morgan fingerprint density at radius 2 is 1.69 bits per heavy atom. The van der Waals surface area contributed by atoms with Gasteiger partial charge in [-0.25, -0.2) is 0 Å². The summed E-state index contributed by atoms with van der Waals surface area (Å²) in [6.07, 6.45) is 1.07. The molecule has 0 fully saturated rings. The Balaban J connectivity index is 1.48. The molecule has 0 spiro atoms. The van der Waals surface area contributed by atoms with Gasteiger partial charge >= 0.3 is 5.97 Å². The molecule has 0 saturated heterocycles. The predicted molar refractivity (Wildman–Crippen MR) is 126 cm³/mol. The fourth-order valence-electron chi connectivity index (χ4n) is 3.01. The molecule has 6 nitrogen and oxygen atoms in total. The maximum Gasteiger partial charge on any atom is 0.308 e. The van der Waals surface area contributed by atoms with Crippen LogP contribution in [-0.4, -0.2) is 17.8 Å². The number of benzene rings is 3. The van der Waals surface area contributed by atoms with Crippen LogP contribution in [0.5, 0.6) is 5.75 Å². The first-order valence-electron chi connectivity index (χ1n) is 10.1. The summed E-state index contributed by atoms with van der Waals surface area (Å²) in [6, 6.07) is 21.5. The number of nitrogens with one attached hydrogen (secondary N) is 2. The van der Waals surface area contributed by atoms with Gasteiger partial charge in [0.2, 0.25) is 5.91 Å². The lowest BCUT2D eigenvalue weighted by atomic mass is 10.1. The molecule has 2 N–H and O–H groups in total. The summed E-state index contributed by atoms with van der Waals surface area (Å²) in [5.41, 5.74) is 3.03. The van der Waals surface area contributed by atoms with Crippen molar-refractivity contribution >= 4 is 39.4 Å². The van der Waals surface area contributed by atoms with Crippen molar-refractivity contribution in [3.63, 3.8) is 0 Å². The molecule has 0 bridgehead atoms. The maximum atomic E-state index is 12.5. The summed E-state index contributed by atoms with van der Waals surface area (Å²) in [7, 11) is 0. The normalized spacial score (nSPS) is 10.3. The smallest absolute Gasteiger partial charge is 0.308 e. The first kappa shape index (κ1) is 23.2. The molecule has 0 saturated carbocycles. The number of rotatable bonds is 8. The Labute approximate surface area is 195 Å². The van der Waals surface area contributed by atoms with Crippen molar-refractivity contribution in [3.05, 3.63) is 94.0 Å². The van der Waals surface area contributed by atoms with Crippen molar-refractivity contribution in [2.24, 2.45) is 0 Å². The zero-order valence-corrected chi connectivity index (χ0v) is 19.1. The Morgan fingerprint density at radius 3 is 2.41 bits per heavy atom. The molecule has 7 heteroatoms. The quantitative estimate of drug-likeness (QED) is 0.345. The van der Waals surface area contributed by atoms with E-state index in [1.54, 1.807) is 30.3 Å². The molecular weight excluding hydrogens is 472 g/mol. The Morgan fingerprint density at radius 1 is 0.938 bits per heavy atom. The molecule has 0 aliphatic carbocycles. The minimum absolute atomic E-state index is 0.0224. The van der Waals surface area contributed by atoms with Crippen LogP contribution < -0.4 is 15.4 Å². The summed E-state index contributed by atoms with van der Waals surface area (Å²) < 4.78 is 6.01. The van der Waals surface area contributed by atoms with Crippen molar-refractivity contribution in [1.29, 1.82) is 0 Å². The first-order chi connectivity index (χ1) is 15.4. The average Bonchev–Trinajstić information content (AvgIpc) is 2.78. The standard InChI is InChI=1S/C25H23BrN2O4/c1-17(29)32-22-7-4-6-20(15-22)25(31)28-21-12-9-18(10-13-21)16-27-24(30)14-11-19-5-2-3-8-23(19)26/h2-10,12-13,15H,11,14,16H2,1H3,(H,27,30)(H,28,31). The highest BCUT2D eigenvalue weighted by Crippen LogP contribution is 2.18. The van der Waals surface area contributed by atoms with Gasteiger partial charge in [-0.05, 0) is 53.9 Å². The number of anilines is 1. The molecule has 3 rings (SSSR count). The van der Waals surface area contributed by atoms with E-state index < -0.39 is 5.97 Å². The van der Waals surface area contributed by atoms with Gasteiger partial charge in [0, 0.05) is 35.6 Å². The van der Waals surface area contributed by atoms with Crippen molar-refractivity contribution in [2.45, 2.75) is 26.3 Å². The minimum atomic E-state index is -0.446. The average molecular weight is 495 g/mol. The number of ether oxygens (including phenoxy) is 1. The number of carbonyl (C=O) groups is 3. The van der Waals surface area contributed by atoms with Crippen LogP contribution >= 0.6 is 15.9 Å².